The third kappa shape index (κ3) is 2.10. The van der Waals surface area contributed by atoms with E-state index in [0.29, 0.717) is 5.65 Å². The first-order valence-electron chi connectivity index (χ1n) is 5.92. The van der Waals surface area contributed by atoms with Crippen molar-refractivity contribution < 1.29 is 13.2 Å². The zero-order chi connectivity index (χ0) is 15.0. The molecule has 7 heteroatoms. The maximum absolute atomic E-state index is 13.3. The van der Waals surface area contributed by atoms with E-state index in [0.717, 1.165) is 6.07 Å². The Bertz CT molecular complexity index is 859. The van der Waals surface area contributed by atoms with Crippen molar-refractivity contribution in [3.05, 3.63) is 53.9 Å². The first-order valence-corrected chi connectivity index (χ1v) is 5.92. The van der Waals surface area contributed by atoms with Crippen LogP contribution < -0.4 is 0 Å². The second-order valence-corrected chi connectivity index (χ2v) is 4.28. The van der Waals surface area contributed by atoms with Gasteiger partial charge in [0.15, 0.2) is 5.65 Å². The van der Waals surface area contributed by atoms with Crippen molar-refractivity contribution in [2.45, 2.75) is 6.18 Å². The van der Waals surface area contributed by atoms with E-state index in [-0.39, 0.29) is 11.3 Å². The third-order valence-electron chi connectivity index (χ3n) is 3.05. The number of aromatic nitrogens is 3. The first-order chi connectivity index (χ1) is 10.0. The highest BCUT2D eigenvalue weighted by Crippen LogP contribution is 2.39. The van der Waals surface area contributed by atoms with E-state index in [2.05, 4.69) is 10.1 Å². The van der Waals surface area contributed by atoms with Gasteiger partial charge in [0.1, 0.15) is 6.33 Å². The monoisotopic (exact) mass is 288 g/mol. The molecule has 104 valence electrons. The lowest BCUT2D eigenvalue weighted by molar-refractivity contribution is -0.137. The minimum atomic E-state index is -4.63. The number of nitrogens with zero attached hydrogens (tertiary/aromatic N) is 4. The molecule has 0 saturated heterocycles. The molecule has 0 aliphatic carbocycles. The van der Waals surface area contributed by atoms with E-state index < -0.39 is 17.3 Å². The fourth-order valence-electron chi connectivity index (χ4n) is 2.21. The summed E-state index contributed by atoms with van der Waals surface area (Å²) >= 11 is 0. The van der Waals surface area contributed by atoms with Gasteiger partial charge in [0, 0.05) is 5.56 Å². The zero-order valence-corrected chi connectivity index (χ0v) is 10.5. The lowest BCUT2D eigenvalue weighted by Gasteiger charge is -2.15. The van der Waals surface area contributed by atoms with E-state index in [1.165, 1.54) is 29.0 Å². The summed E-state index contributed by atoms with van der Waals surface area (Å²) in [5.41, 5.74) is -0.817. The molecule has 2 aromatic heterocycles. The molecule has 0 bridgehead atoms. The Balaban J connectivity index is 2.39. The fraction of sp³-hybridized carbons (Fsp3) is 0.0714. The number of hydrogen-bond acceptors (Lipinski definition) is 3. The number of nitriles is 1. The number of halogens is 3. The standard InChI is InChI=1S/C14H7F3N4/c15-14(16,17)13-9(7-18)3-1-4-10(13)11-5-2-6-12-19-8-20-21(11)12/h1-6,8H. The van der Waals surface area contributed by atoms with Crippen LogP contribution in [0.15, 0.2) is 42.7 Å². The number of rotatable bonds is 1. The Morgan fingerprint density at radius 3 is 2.57 bits per heavy atom. The largest absolute Gasteiger partial charge is 0.418 e. The second kappa shape index (κ2) is 4.59. The van der Waals surface area contributed by atoms with Gasteiger partial charge in [0.2, 0.25) is 0 Å². The van der Waals surface area contributed by atoms with Gasteiger partial charge >= 0.3 is 6.18 Å². The summed E-state index contributed by atoms with van der Waals surface area (Å²) in [5.74, 6) is 0. The molecule has 3 rings (SSSR count). The van der Waals surface area contributed by atoms with Gasteiger partial charge in [-0.25, -0.2) is 9.50 Å². The Hall–Kier alpha value is -2.88. The molecule has 0 spiro atoms. The Labute approximate surface area is 117 Å². The molecule has 2 heterocycles. The zero-order valence-electron chi connectivity index (χ0n) is 10.5. The lowest BCUT2D eigenvalue weighted by atomic mass is 9.98. The molecule has 21 heavy (non-hydrogen) atoms. The number of fused-ring (bicyclic) bond motifs is 1. The molecule has 0 fully saturated rings. The highest BCUT2D eigenvalue weighted by Gasteiger charge is 2.37. The van der Waals surface area contributed by atoms with Gasteiger partial charge in [-0.3, -0.25) is 0 Å². The molecule has 4 nitrogen and oxygen atoms in total. The average Bonchev–Trinajstić information content (AvgIpc) is 2.93. The van der Waals surface area contributed by atoms with Crippen molar-refractivity contribution in [3.63, 3.8) is 0 Å². The summed E-state index contributed by atoms with van der Waals surface area (Å²) in [4.78, 5) is 3.94. The van der Waals surface area contributed by atoms with Crippen LogP contribution in [0.5, 0.6) is 0 Å². The highest BCUT2D eigenvalue weighted by molar-refractivity contribution is 5.70. The molecule has 3 aromatic rings. The van der Waals surface area contributed by atoms with E-state index in [1.807, 2.05) is 0 Å². The quantitative estimate of drug-likeness (QED) is 0.690. The summed E-state index contributed by atoms with van der Waals surface area (Å²) in [6.07, 6.45) is -3.37. The van der Waals surface area contributed by atoms with Crippen LogP contribution in [0.25, 0.3) is 16.9 Å². The predicted molar refractivity (Wildman–Crippen MR) is 68.1 cm³/mol. The third-order valence-corrected chi connectivity index (χ3v) is 3.05. The summed E-state index contributed by atoms with van der Waals surface area (Å²) < 4.78 is 41.2. The molecule has 0 N–H and O–H groups in total. The Morgan fingerprint density at radius 2 is 1.86 bits per heavy atom. The van der Waals surface area contributed by atoms with Crippen molar-refractivity contribution in [2.24, 2.45) is 0 Å². The van der Waals surface area contributed by atoms with Crippen LogP contribution in [0, 0.1) is 11.3 Å². The van der Waals surface area contributed by atoms with Gasteiger partial charge in [0.25, 0.3) is 0 Å². The Kier molecular flexibility index (Phi) is 2.87. The van der Waals surface area contributed by atoms with Gasteiger partial charge < -0.3 is 0 Å². The summed E-state index contributed by atoms with van der Waals surface area (Å²) in [7, 11) is 0. The van der Waals surface area contributed by atoms with Crippen molar-refractivity contribution in [1.29, 1.82) is 5.26 Å². The summed E-state index contributed by atoms with van der Waals surface area (Å²) in [6.45, 7) is 0. The van der Waals surface area contributed by atoms with E-state index in [4.69, 9.17) is 5.26 Å². The minimum Gasteiger partial charge on any atom is -0.215 e. The van der Waals surface area contributed by atoms with Crippen LogP contribution in [-0.4, -0.2) is 14.6 Å². The molecule has 0 unspecified atom stereocenters. The van der Waals surface area contributed by atoms with Gasteiger partial charge in [-0.2, -0.15) is 23.5 Å². The normalized spacial score (nSPS) is 11.5. The maximum Gasteiger partial charge on any atom is 0.418 e. The van der Waals surface area contributed by atoms with Crippen LogP contribution >= 0.6 is 0 Å². The van der Waals surface area contributed by atoms with E-state index in [1.54, 1.807) is 18.2 Å². The molecule has 0 aliphatic heterocycles. The molecular formula is C14H7F3N4. The van der Waals surface area contributed by atoms with Crippen LogP contribution in [0.4, 0.5) is 13.2 Å². The second-order valence-electron chi connectivity index (χ2n) is 4.28. The van der Waals surface area contributed by atoms with Crippen molar-refractivity contribution in [2.75, 3.05) is 0 Å². The summed E-state index contributed by atoms with van der Waals surface area (Å²) in [6, 6.07) is 10.2. The number of pyridine rings is 1. The van der Waals surface area contributed by atoms with Gasteiger partial charge in [-0.15, -0.1) is 0 Å². The van der Waals surface area contributed by atoms with Crippen molar-refractivity contribution in [3.8, 4) is 17.3 Å². The molecular weight excluding hydrogens is 281 g/mol. The van der Waals surface area contributed by atoms with E-state index >= 15 is 0 Å². The van der Waals surface area contributed by atoms with Crippen LogP contribution in [0.3, 0.4) is 0 Å². The molecule has 0 saturated carbocycles. The average molecular weight is 288 g/mol. The van der Waals surface area contributed by atoms with Gasteiger partial charge in [0.05, 0.1) is 22.9 Å². The summed E-state index contributed by atoms with van der Waals surface area (Å²) in [5, 5.41) is 12.9. The maximum atomic E-state index is 13.3. The van der Waals surface area contributed by atoms with Crippen LogP contribution in [-0.2, 0) is 6.18 Å². The highest BCUT2D eigenvalue weighted by atomic mass is 19.4. The smallest absolute Gasteiger partial charge is 0.215 e. The van der Waals surface area contributed by atoms with E-state index in [9.17, 15) is 13.2 Å². The molecule has 0 amide bonds. The first kappa shape index (κ1) is 13.1. The van der Waals surface area contributed by atoms with Gasteiger partial charge in [-0.05, 0) is 18.2 Å². The lowest BCUT2D eigenvalue weighted by Crippen LogP contribution is -2.11. The number of benzene rings is 1. The molecule has 0 radical (unpaired) electrons. The SMILES string of the molecule is N#Cc1cccc(-c2cccc3ncnn23)c1C(F)(F)F. The van der Waals surface area contributed by atoms with Crippen molar-refractivity contribution in [1.82, 2.24) is 14.6 Å². The van der Waals surface area contributed by atoms with Crippen LogP contribution in [0.2, 0.25) is 0 Å². The van der Waals surface area contributed by atoms with Crippen molar-refractivity contribution >= 4 is 5.65 Å². The fourth-order valence-corrected chi connectivity index (χ4v) is 2.21. The van der Waals surface area contributed by atoms with Gasteiger partial charge in [-0.1, -0.05) is 18.2 Å². The molecule has 0 aliphatic rings. The Morgan fingerprint density at radius 1 is 1.10 bits per heavy atom. The number of hydrogen-bond donors (Lipinski definition) is 0. The van der Waals surface area contributed by atoms with Crippen LogP contribution in [0.1, 0.15) is 11.1 Å². The number of alkyl halides is 3. The molecule has 1 aromatic carbocycles. The molecule has 0 atom stereocenters. The minimum absolute atomic E-state index is 0.0994. The topological polar surface area (TPSA) is 54.0 Å². The predicted octanol–water partition coefficient (Wildman–Crippen LogP) is 3.29.